The van der Waals surface area contributed by atoms with Gasteiger partial charge in [-0.1, -0.05) is 28.4 Å². The van der Waals surface area contributed by atoms with Gasteiger partial charge in [-0.15, -0.1) is 0 Å². The van der Waals surface area contributed by atoms with E-state index in [2.05, 4.69) is 15.2 Å². The zero-order valence-electron chi connectivity index (χ0n) is 14.6. The number of aliphatic hydroxyl groups is 1. The van der Waals surface area contributed by atoms with Gasteiger partial charge in [-0.05, 0) is 6.07 Å². The van der Waals surface area contributed by atoms with Crippen molar-refractivity contribution in [2.75, 3.05) is 6.54 Å². The third-order valence-electron chi connectivity index (χ3n) is 5.14. The zero-order valence-corrected chi connectivity index (χ0v) is 16.1. The average molecular weight is 420 g/mol. The maximum atomic E-state index is 13.0. The van der Waals surface area contributed by atoms with Crippen LogP contribution >= 0.6 is 23.2 Å². The van der Waals surface area contributed by atoms with Gasteiger partial charge in [-0.3, -0.25) is 9.48 Å². The summed E-state index contributed by atoms with van der Waals surface area (Å²) < 4.78 is 6.91. The van der Waals surface area contributed by atoms with Crippen molar-refractivity contribution in [2.45, 2.75) is 32.0 Å². The fraction of sp³-hybridized carbons (Fsp3) is 0.333. The molecule has 2 aliphatic heterocycles. The van der Waals surface area contributed by atoms with E-state index in [0.29, 0.717) is 43.7 Å². The number of carbonyl (C=O) groups excluding carboxylic acids is 1. The first kappa shape index (κ1) is 17.7. The molecule has 0 radical (unpaired) electrons. The van der Waals surface area contributed by atoms with Crippen molar-refractivity contribution >= 4 is 29.1 Å². The number of halogens is 2. The number of aromatic nitrogens is 4. The molecule has 0 saturated carbocycles. The van der Waals surface area contributed by atoms with Crippen LogP contribution in [0.1, 0.15) is 27.2 Å². The summed E-state index contributed by atoms with van der Waals surface area (Å²) in [5.74, 6) is -0.175. The van der Waals surface area contributed by atoms with E-state index in [0.717, 1.165) is 22.5 Å². The lowest BCUT2D eigenvalue weighted by atomic mass is 10.0. The molecule has 3 aromatic rings. The van der Waals surface area contributed by atoms with Gasteiger partial charge >= 0.3 is 0 Å². The van der Waals surface area contributed by atoms with Crippen LogP contribution in [0.5, 0.6) is 0 Å². The Hall–Kier alpha value is -2.42. The molecule has 0 spiro atoms. The summed E-state index contributed by atoms with van der Waals surface area (Å²) in [5.41, 5.74) is 4.54. The molecular formula is C18H15Cl2N5O3. The molecule has 1 atom stereocenters. The minimum atomic E-state index is -0.569. The van der Waals surface area contributed by atoms with Crippen LogP contribution in [-0.2, 0) is 25.9 Å². The Morgan fingerprint density at radius 2 is 2.21 bits per heavy atom. The van der Waals surface area contributed by atoms with E-state index in [4.69, 9.17) is 27.7 Å². The van der Waals surface area contributed by atoms with Crippen LogP contribution in [0.2, 0.25) is 10.2 Å². The Balaban J connectivity index is 1.52. The molecule has 1 unspecified atom stereocenters. The lowest BCUT2D eigenvalue weighted by molar-refractivity contribution is 0.0734. The molecular weight excluding hydrogens is 405 g/mol. The molecule has 5 rings (SSSR count). The maximum Gasteiger partial charge on any atom is 0.255 e. The first-order valence-corrected chi connectivity index (χ1v) is 9.57. The Labute approximate surface area is 169 Å². The lowest BCUT2D eigenvalue weighted by Gasteiger charge is -2.27. The molecule has 0 saturated heterocycles. The van der Waals surface area contributed by atoms with Crippen LogP contribution in [0.3, 0.4) is 0 Å². The summed E-state index contributed by atoms with van der Waals surface area (Å²) in [6.45, 7) is 1.28. The predicted molar refractivity (Wildman–Crippen MR) is 100 cm³/mol. The quantitative estimate of drug-likeness (QED) is 0.607. The number of rotatable bonds is 1. The van der Waals surface area contributed by atoms with Crippen molar-refractivity contribution in [3.8, 4) is 11.4 Å². The number of pyridine rings is 1. The molecule has 0 aliphatic carbocycles. The monoisotopic (exact) mass is 419 g/mol. The molecule has 0 fully saturated rings. The molecule has 0 aromatic carbocycles. The van der Waals surface area contributed by atoms with E-state index in [1.165, 1.54) is 12.3 Å². The highest BCUT2D eigenvalue weighted by molar-refractivity contribution is 6.41. The smallest absolute Gasteiger partial charge is 0.255 e. The largest absolute Gasteiger partial charge is 0.391 e. The first-order valence-electron chi connectivity index (χ1n) is 8.82. The molecule has 3 aromatic heterocycles. The van der Waals surface area contributed by atoms with Crippen molar-refractivity contribution in [2.24, 2.45) is 0 Å². The molecule has 0 bridgehead atoms. The molecule has 10 heteroatoms. The van der Waals surface area contributed by atoms with Crippen molar-refractivity contribution in [1.82, 2.24) is 24.8 Å². The van der Waals surface area contributed by atoms with E-state index in [1.807, 2.05) is 0 Å². The van der Waals surface area contributed by atoms with Gasteiger partial charge in [-0.2, -0.15) is 5.10 Å². The van der Waals surface area contributed by atoms with Gasteiger partial charge in [0.1, 0.15) is 17.1 Å². The second-order valence-electron chi connectivity index (χ2n) is 6.98. The third kappa shape index (κ3) is 2.80. The van der Waals surface area contributed by atoms with Crippen LogP contribution in [0, 0.1) is 0 Å². The zero-order chi connectivity index (χ0) is 19.4. The Kier molecular flexibility index (Phi) is 4.15. The molecule has 5 heterocycles. The molecule has 2 aliphatic rings. The van der Waals surface area contributed by atoms with Gasteiger partial charge in [0.2, 0.25) is 0 Å². The highest BCUT2D eigenvalue weighted by Gasteiger charge is 2.33. The van der Waals surface area contributed by atoms with Gasteiger partial charge in [-0.25, -0.2) is 4.98 Å². The number of carbonyl (C=O) groups is 1. The molecule has 8 nitrogen and oxygen atoms in total. The summed E-state index contributed by atoms with van der Waals surface area (Å²) in [6, 6.07) is 1.53. The lowest BCUT2D eigenvalue weighted by Crippen LogP contribution is -2.36. The minimum absolute atomic E-state index is 0.165. The van der Waals surface area contributed by atoms with E-state index in [-0.39, 0.29) is 16.1 Å². The van der Waals surface area contributed by atoms with E-state index < -0.39 is 6.10 Å². The number of fused-ring (bicyclic) bond motifs is 5. The van der Waals surface area contributed by atoms with Gasteiger partial charge in [0, 0.05) is 36.7 Å². The van der Waals surface area contributed by atoms with Gasteiger partial charge in [0.25, 0.3) is 5.91 Å². The predicted octanol–water partition coefficient (Wildman–Crippen LogP) is 2.36. The number of amides is 1. The van der Waals surface area contributed by atoms with Gasteiger partial charge < -0.3 is 14.5 Å². The van der Waals surface area contributed by atoms with Crippen molar-refractivity contribution in [1.29, 1.82) is 0 Å². The van der Waals surface area contributed by atoms with Gasteiger partial charge in [0.15, 0.2) is 0 Å². The summed E-state index contributed by atoms with van der Waals surface area (Å²) in [5, 5.41) is 19.5. The molecule has 28 heavy (non-hydrogen) atoms. The minimum Gasteiger partial charge on any atom is -0.391 e. The van der Waals surface area contributed by atoms with Crippen LogP contribution in [0.15, 0.2) is 23.0 Å². The Morgan fingerprint density at radius 1 is 1.36 bits per heavy atom. The standard InChI is InChI=1S/C18H15Cl2N5O3/c19-13-4-9(5-21-17(13)20)18(27)24-2-1-14-12(7-24)16-15-10(8-28-23-15)3-11(26)6-25(16)22-14/h4-5,8,11,26H,1-3,6-7H2. The van der Waals surface area contributed by atoms with Crippen molar-refractivity contribution in [3.05, 3.63) is 51.1 Å². The molecule has 144 valence electrons. The van der Waals surface area contributed by atoms with E-state index in [1.54, 1.807) is 15.8 Å². The maximum absolute atomic E-state index is 13.0. The topological polar surface area (TPSA) is 97.3 Å². The van der Waals surface area contributed by atoms with E-state index in [9.17, 15) is 9.90 Å². The number of aliphatic hydroxyl groups excluding tert-OH is 1. The first-order chi connectivity index (χ1) is 13.5. The van der Waals surface area contributed by atoms with Crippen molar-refractivity contribution < 1.29 is 14.4 Å². The summed E-state index contributed by atoms with van der Waals surface area (Å²) >= 11 is 11.9. The van der Waals surface area contributed by atoms with Crippen LogP contribution in [-0.4, -0.2) is 48.5 Å². The highest BCUT2D eigenvalue weighted by Crippen LogP contribution is 2.35. The number of hydrogen-bond donors (Lipinski definition) is 1. The third-order valence-corrected chi connectivity index (χ3v) is 5.82. The van der Waals surface area contributed by atoms with E-state index >= 15 is 0 Å². The number of nitrogens with zero attached hydrogens (tertiary/aromatic N) is 5. The normalized spacial score (nSPS) is 18.2. The molecule has 1 N–H and O–H groups in total. The Morgan fingerprint density at radius 3 is 3.04 bits per heavy atom. The number of hydrogen-bond acceptors (Lipinski definition) is 6. The van der Waals surface area contributed by atoms with Crippen LogP contribution < -0.4 is 0 Å². The summed E-state index contributed by atoms with van der Waals surface area (Å²) in [7, 11) is 0. The van der Waals surface area contributed by atoms with Crippen LogP contribution in [0.4, 0.5) is 0 Å². The second-order valence-corrected chi connectivity index (χ2v) is 7.74. The fourth-order valence-corrected chi connectivity index (χ4v) is 4.10. The SMILES string of the molecule is O=C(c1cnc(Cl)c(Cl)c1)N1CCc2nn3c(c2C1)-c1nocc1CC(O)C3. The average Bonchev–Trinajstić information content (AvgIpc) is 3.23. The summed E-state index contributed by atoms with van der Waals surface area (Å²) in [4.78, 5) is 18.7. The summed E-state index contributed by atoms with van der Waals surface area (Å²) in [6.07, 6.45) is 3.48. The van der Waals surface area contributed by atoms with Crippen molar-refractivity contribution in [3.63, 3.8) is 0 Å². The second kappa shape index (κ2) is 6.58. The Bertz CT molecular complexity index is 1090. The fourth-order valence-electron chi connectivity index (χ4n) is 3.83. The van der Waals surface area contributed by atoms with Gasteiger partial charge in [0.05, 0.1) is 41.2 Å². The molecule has 1 amide bonds. The van der Waals surface area contributed by atoms with Crippen LogP contribution in [0.25, 0.3) is 11.4 Å². The highest BCUT2D eigenvalue weighted by atomic mass is 35.5.